The quantitative estimate of drug-likeness (QED) is 0.699. The molecule has 34 heavy (non-hydrogen) atoms. The number of benzene rings is 2. The number of urea groups is 1. The average Bonchev–Trinajstić information content (AvgIpc) is 3.22. The summed E-state index contributed by atoms with van der Waals surface area (Å²) in [5, 5.41) is 3.05. The van der Waals surface area contributed by atoms with Gasteiger partial charge in [-0.25, -0.2) is 4.79 Å². The van der Waals surface area contributed by atoms with E-state index in [1.165, 1.54) is 0 Å². The molecular weight excluding hydrogens is 438 g/mol. The molecule has 0 radical (unpaired) electrons. The van der Waals surface area contributed by atoms with E-state index in [0.717, 1.165) is 17.5 Å². The molecule has 2 aromatic carbocycles. The number of nitrogens with zero attached hydrogens (tertiary/aromatic N) is 2. The normalized spacial score (nSPS) is 19.5. The smallest absolute Gasteiger partial charge is 0.318 e. The molecule has 2 aliphatic rings. The van der Waals surface area contributed by atoms with Crippen LogP contribution in [0.15, 0.2) is 30.3 Å². The molecule has 0 bridgehead atoms. The van der Waals surface area contributed by atoms with Crippen molar-refractivity contribution in [2.24, 2.45) is 0 Å². The number of hydrogen-bond acceptors (Lipinski definition) is 6. The predicted molar refractivity (Wildman–Crippen MR) is 127 cm³/mol. The van der Waals surface area contributed by atoms with Gasteiger partial charge in [0.2, 0.25) is 5.91 Å². The number of rotatable bonds is 6. The Morgan fingerprint density at radius 3 is 2.26 bits per heavy atom. The van der Waals surface area contributed by atoms with Gasteiger partial charge in [0.1, 0.15) is 0 Å². The molecule has 2 atom stereocenters. The van der Waals surface area contributed by atoms with Gasteiger partial charge in [-0.15, -0.1) is 0 Å². The molecule has 1 N–H and O–H groups in total. The molecule has 4 rings (SSSR count). The number of carbonyl (C=O) groups excluding carboxylic acids is 2. The summed E-state index contributed by atoms with van der Waals surface area (Å²) in [5.41, 5.74) is 2.89. The third-order valence-electron chi connectivity index (χ3n) is 6.58. The molecule has 2 aromatic rings. The zero-order valence-electron chi connectivity index (χ0n) is 20.2. The third-order valence-corrected chi connectivity index (χ3v) is 6.58. The van der Waals surface area contributed by atoms with Crippen LogP contribution in [-0.2, 0) is 11.2 Å². The Kier molecular flexibility index (Phi) is 6.72. The number of fused-ring (bicyclic) bond motifs is 1. The fourth-order valence-electron chi connectivity index (χ4n) is 4.73. The molecule has 2 unspecified atom stereocenters. The van der Waals surface area contributed by atoms with Crippen LogP contribution in [0.1, 0.15) is 30.5 Å². The Labute approximate surface area is 199 Å². The van der Waals surface area contributed by atoms with Crippen molar-refractivity contribution < 1.29 is 28.5 Å². The zero-order valence-corrected chi connectivity index (χ0v) is 20.2. The van der Waals surface area contributed by atoms with Gasteiger partial charge in [0, 0.05) is 31.3 Å². The molecule has 9 nitrogen and oxygen atoms in total. The highest BCUT2D eigenvalue weighted by Crippen LogP contribution is 2.38. The van der Waals surface area contributed by atoms with Gasteiger partial charge < -0.3 is 34.1 Å². The maximum atomic E-state index is 13.2. The lowest BCUT2D eigenvalue weighted by Gasteiger charge is -2.36. The first-order chi connectivity index (χ1) is 16.4. The van der Waals surface area contributed by atoms with Gasteiger partial charge in [0.25, 0.3) is 0 Å². The van der Waals surface area contributed by atoms with E-state index in [2.05, 4.69) is 5.32 Å². The highest BCUT2D eigenvalue weighted by atomic mass is 16.5. The summed E-state index contributed by atoms with van der Waals surface area (Å²) in [5.74, 6) is 2.42. The van der Waals surface area contributed by atoms with E-state index < -0.39 is 0 Å². The first-order valence-corrected chi connectivity index (χ1v) is 11.2. The standard InChI is InChI=1S/C25H31N3O6/c1-15-19-13-23(34-5)21(32-3)10-16(19)8-9-27(15)25(30)26-17-11-24(29)28(14-17)18-6-7-20(31-2)22(12-18)33-4/h6-7,10,12-13,15,17H,8-9,11,14H2,1-5H3,(H,26,30). The molecule has 9 heteroatoms. The van der Waals surface area contributed by atoms with Crippen molar-refractivity contribution in [1.82, 2.24) is 10.2 Å². The molecule has 0 saturated carbocycles. The van der Waals surface area contributed by atoms with Gasteiger partial charge in [-0.2, -0.15) is 0 Å². The maximum Gasteiger partial charge on any atom is 0.318 e. The van der Waals surface area contributed by atoms with Gasteiger partial charge in [-0.05, 0) is 48.7 Å². The molecule has 2 aliphatic heterocycles. The topological polar surface area (TPSA) is 89.6 Å². The third kappa shape index (κ3) is 4.30. The van der Waals surface area contributed by atoms with Crippen LogP contribution in [0.5, 0.6) is 23.0 Å². The number of methoxy groups -OCH3 is 4. The summed E-state index contributed by atoms with van der Waals surface area (Å²) >= 11 is 0. The molecule has 0 aliphatic carbocycles. The van der Waals surface area contributed by atoms with Crippen LogP contribution in [-0.4, -0.2) is 64.4 Å². The number of nitrogens with one attached hydrogen (secondary N) is 1. The van der Waals surface area contributed by atoms with Gasteiger partial charge in [-0.3, -0.25) is 4.79 Å². The van der Waals surface area contributed by atoms with Crippen LogP contribution in [0.3, 0.4) is 0 Å². The van der Waals surface area contributed by atoms with Gasteiger partial charge in [0.15, 0.2) is 23.0 Å². The number of ether oxygens (including phenoxy) is 4. The lowest BCUT2D eigenvalue weighted by molar-refractivity contribution is -0.117. The lowest BCUT2D eigenvalue weighted by atomic mass is 9.93. The number of hydrogen-bond donors (Lipinski definition) is 1. The van der Waals surface area contributed by atoms with Crippen LogP contribution < -0.4 is 29.2 Å². The minimum atomic E-state index is -0.285. The fraction of sp³-hybridized carbons (Fsp3) is 0.440. The van der Waals surface area contributed by atoms with Crippen LogP contribution in [0.4, 0.5) is 10.5 Å². The van der Waals surface area contributed by atoms with Gasteiger partial charge in [-0.1, -0.05) is 0 Å². The highest BCUT2D eigenvalue weighted by Gasteiger charge is 2.35. The predicted octanol–water partition coefficient (Wildman–Crippen LogP) is 3.16. The Morgan fingerprint density at radius 1 is 0.941 bits per heavy atom. The Morgan fingerprint density at radius 2 is 1.59 bits per heavy atom. The van der Waals surface area contributed by atoms with Crippen LogP contribution >= 0.6 is 0 Å². The maximum absolute atomic E-state index is 13.2. The molecule has 1 saturated heterocycles. The van der Waals surface area contributed by atoms with E-state index in [4.69, 9.17) is 18.9 Å². The fourth-order valence-corrected chi connectivity index (χ4v) is 4.73. The molecule has 0 aromatic heterocycles. The van der Waals surface area contributed by atoms with Crippen molar-refractivity contribution in [3.05, 3.63) is 41.5 Å². The molecule has 2 heterocycles. The monoisotopic (exact) mass is 469 g/mol. The Hall–Kier alpha value is -3.62. The second-order valence-electron chi connectivity index (χ2n) is 8.42. The Balaban J connectivity index is 1.45. The van der Waals surface area contributed by atoms with Crippen molar-refractivity contribution in [3.8, 4) is 23.0 Å². The van der Waals surface area contributed by atoms with E-state index in [1.807, 2.05) is 25.1 Å². The summed E-state index contributed by atoms with van der Waals surface area (Å²) in [7, 11) is 6.34. The van der Waals surface area contributed by atoms with Crippen molar-refractivity contribution in [1.29, 1.82) is 0 Å². The minimum Gasteiger partial charge on any atom is -0.493 e. The lowest BCUT2D eigenvalue weighted by Crippen LogP contribution is -2.48. The number of carbonyl (C=O) groups is 2. The molecule has 182 valence electrons. The van der Waals surface area contributed by atoms with Gasteiger partial charge >= 0.3 is 6.03 Å². The largest absolute Gasteiger partial charge is 0.493 e. The minimum absolute atomic E-state index is 0.0496. The Bertz CT molecular complexity index is 1090. The molecule has 3 amide bonds. The van der Waals surface area contributed by atoms with E-state index in [-0.39, 0.29) is 30.4 Å². The van der Waals surface area contributed by atoms with E-state index in [0.29, 0.717) is 41.8 Å². The van der Waals surface area contributed by atoms with E-state index >= 15 is 0 Å². The number of amides is 3. The van der Waals surface area contributed by atoms with E-state index in [9.17, 15) is 9.59 Å². The zero-order chi connectivity index (χ0) is 24.4. The van der Waals surface area contributed by atoms with Crippen LogP contribution in [0.2, 0.25) is 0 Å². The summed E-state index contributed by atoms with van der Waals surface area (Å²) in [6.45, 7) is 2.97. The second-order valence-corrected chi connectivity index (χ2v) is 8.42. The number of anilines is 1. The van der Waals surface area contributed by atoms with Crippen molar-refractivity contribution >= 4 is 17.6 Å². The summed E-state index contributed by atoms with van der Waals surface area (Å²) < 4.78 is 21.5. The van der Waals surface area contributed by atoms with Crippen LogP contribution in [0.25, 0.3) is 0 Å². The van der Waals surface area contributed by atoms with Crippen LogP contribution in [0, 0.1) is 0 Å². The van der Waals surface area contributed by atoms with Crippen molar-refractivity contribution in [3.63, 3.8) is 0 Å². The van der Waals surface area contributed by atoms with Crippen molar-refractivity contribution in [2.75, 3.05) is 46.4 Å². The second kappa shape index (κ2) is 9.70. The summed E-state index contributed by atoms with van der Waals surface area (Å²) in [6.07, 6.45) is 0.957. The summed E-state index contributed by atoms with van der Waals surface area (Å²) in [6, 6.07) is 8.67. The molecule has 1 fully saturated rings. The molecule has 0 spiro atoms. The summed E-state index contributed by atoms with van der Waals surface area (Å²) in [4.78, 5) is 29.4. The first kappa shape index (κ1) is 23.5. The van der Waals surface area contributed by atoms with Gasteiger partial charge in [0.05, 0.1) is 40.5 Å². The SMILES string of the molecule is COc1ccc(N2CC(NC(=O)N3CCc4cc(OC)c(OC)cc4C3C)CC2=O)cc1OC. The van der Waals surface area contributed by atoms with Crippen molar-refractivity contribution in [2.45, 2.75) is 31.8 Å². The first-order valence-electron chi connectivity index (χ1n) is 11.2. The highest BCUT2D eigenvalue weighted by molar-refractivity contribution is 5.97. The average molecular weight is 470 g/mol. The van der Waals surface area contributed by atoms with E-state index in [1.54, 1.807) is 50.4 Å². The molecular formula is C25H31N3O6.